The van der Waals surface area contributed by atoms with Crippen molar-refractivity contribution in [3.05, 3.63) is 40.9 Å². The molecule has 0 aliphatic carbocycles. The van der Waals surface area contributed by atoms with Gasteiger partial charge in [0.1, 0.15) is 11.4 Å². The molecule has 0 unspecified atom stereocenters. The quantitative estimate of drug-likeness (QED) is 0.628. The smallest absolute Gasteiger partial charge is 0.206 e. The number of carbonyl (C=O) groups is 1. The first kappa shape index (κ1) is 12.6. The van der Waals surface area contributed by atoms with Crippen LogP contribution in [-0.4, -0.2) is 25.3 Å². The van der Waals surface area contributed by atoms with Crippen LogP contribution < -0.4 is 0 Å². The van der Waals surface area contributed by atoms with Crippen LogP contribution in [0.5, 0.6) is 0 Å². The van der Waals surface area contributed by atoms with Crippen molar-refractivity contribution in [3.8, 4) is 0 Å². The molecule has 0 atom stereocenters. The van der Waals surface area contributed by atoms with E-state index in [4.69, 9.17) is 11.6 Å². The lowest BCUT2D eigenvalue weighted by molar-refractivity contribution is 0.104. The van der Waals surface area contributed by atoms with Gasteiger partial charge in [0.05, 0.1) is 5.02 Å². The maximum Gasteiger partial charge on any atom is 0.206 e. The summed E-state index contributed by atoms with van der Waals surface area (Å²) in [7, 11) is 1.76. The van der Waals surface area contributed by atoms with E-state index >= 15 is 0 Å². The van der Waals surface area contributed by atoms with Crippen molar-refractivity contribution in [2.75, 3.05) is 0 Å². The molecule has 0 aliphatic heterocycles. The summed E-state index contributed by atoms with van der Waals surface area (Å²) < 4.78 is 3.30. The van der Waals surface area contributed by atoms with Crippen LogP contribution in [0.1, 0.15) is 23.1 Å². The Labute approximate surface area is 110 Å². The lowest BCUT2D eigenvalue weighted by Crippen LogP contribution is -1.98. The molecule has 0 N–H and O–H groups in total. The molecule has 0 radical (unpaired) electrons. The molecular formula is C12H13ClN4O. The van der Waals surface area contributed by atoms with E-state index in [2.05, 4.69) is 10.2 Å². The van der Waals surface area contributed by atoms with E-state index < -0.39 is 0 Å². The first-order valence-corrected chi connectivity index (χ1v) is 5.93. The van der Waals surface area contributed by atoms with E-state index in [9.17, 15) is 4.79 Å². The van der Waals surface area contributed by atoms with Gasteiger partial charge in [-0.05, 0) is 25.1 Å². The first-order valence-electron chi connectivity index (χ1n) is 5.55. The highest BCUT2D eigenvalue weighted by atomic mass is 35.5. The van der Waals surface area contributed by atoms with Crippen LogP contribution in [0.4, 0.5) is 0 Å². The van der Waals surface area contributed by atoms with E-state index in [-0.39, 0.29) is 5.78 Å². The summed E-state index contributed by atoms with van der Waals surface area (Å²) in [6.45, 7) is 2.71. The van der Waals surface area contributed by atoms with Crippen molar-refractivity contribution in [1.29, 1.82) is 0 Å². The van der Waals surface area contributed by atoms with E-state index in [1.54, 1.807) is 40.9 Å². The average Bonchev–Trinajstić information content (AvgIpc) is 2.92. The summed E-state index contributed by atoms with van der Waals surface area (Å²) in [5.74, 6) is -0.169. The Bertz CT molecular complexity index is 597. The van der Waals surface area contributed by atoms with Gasteiger partial charge < -0.3 is 0 Å². The number of aryl methyl sites for hydroxylation is 2. The summed E-state index contributed by atoms with van der Waals surface area (Å²) in [5.41, 5.74) is 0.989. The molecule has 2 heterocycles. The van der Waals surface area contributed by atoms with Crippen molar-refractivity contribution >= 4 is 23.5 Å². The highest BCUT2D eigenvalue weighted by Crippen LogP contribution is 2.15. The first-order chi connectivity index (χ1) is 8.60. The van der Waals surface area contributed by atoms with Crippen LogP contribution in [0.3, 0.4) is 0 Å². The number of rotatable bonds is 4. The second-order valence-electron chi connectivity index (χ2n) is 3.79. The molecule has 2 aromatic rings. The van der Waals surface area contributed by atoms with E-state index in [1.807, 2.05) is 6.92 Å². The van der Waals surface area contributed by atoms with Crippen molar-refractivity contribution < 1.29 is 4.79 Å². The zero-order chi connectivity index (χ0) is 13.1. The average molecular weight is 265 g/mol. The lowest BCUT2D eigenvalue weighted by atomic mass is 10.2. The van der Waals surface area contributed by atoms with Gasteiger partial charge in [-0.1, -0.05) is 11.6 Å². The molecule has 5 nitrogen and oxygen atoms in total. The van der Waals surface area contributed by atoms with Gasteiger partial charge in [0.25, 0.3) is 0 Å². The molecule has 6 heteroatoms. The molecule has 2 rings (SSSR count). The Kier molecular flexibility index (Phi) is 3.62. The molecule has 0 saturated carbocycles. The van der Waals surface area contributed by atoms with Gasteiger partial charge in [0.2, 0.25) is 5.78 Å². The Morgan fingerprint density at radius 2 is 2.28 bits per heavy atom. The van der Waals surface area contributed by atoms with E-state index in [0.717, 1.165) is 6.54 Å². The Morgan fingerprint density at radius 1 is 1.50 bits per heavy atom. The fourth-order valence-corrected chi connectivity index (χ4v) is 1.69. The number of carbonyl (C=O) groups excluding carboxylic acids is 1. The van der Waals surface area contributed by atoms with E-state index in [1.165, 1.54) is 6.08 Å². The summed E-state index contributed by atoms with van der Waals surface area (Å²) in [6.07, 6.45) is 6.48. The number of halogens is 1. The van der Waals surface area contributed by atoms with Gasteiger partial charge in [-0.15, -0.1) is 0 Å². The lowest BCUT2D eigenvalue weighted by Gasteiger charge is -1.90. The molecule has 18 heavy (non-hydrogen) atoms. The van der Waals surface area contributed by atoms with Gasteiger partial charge in [0, 0.05) is 26.0 Å². The molecule has 0 fully saturated rings. The minimum absolute atomic E-state index is 0.169. The van der Waals surface area contributed by atoms with Gasteiger partial charge >= 0.3 is 0 Å². The summed E-state index contributed by atoms with van der Waals surface area (Å²) in [5, 5.41) is 8.77. The van der Waals surface area contributed by atoms with Crippen LogP contribution in [0.25, 0.3) is 6.08 Å². The summed E-state index contributed by atoms with van der Waals surface area (Å²) in [6, 6.07) is 1.67. The minimum Gasteiger partial charge on any atom is -0.287 e. The van der Waals surface area contributed by atoms with Crippen LogP contribution in [-0.2, 0) is 13.6 Å². The number of hydrogen-bond donors (Lipinski definition) is 0. The van der Waals surface area contributed by atoms with Crippen LogP contribution >= 0.6 is 11.6 Å². The minimum atomic E-state index is -0.169. The molecule has 0 saturated heterocycles. The van der Waals surface area contributed by atoms with Crippen molar-refractivity contribution in [3.63, 3.8) is 0 Å². The maximum atomic E-state index is 11.8. The summed E-state index contributed by atoms with van der Waals surface area (Å²) >= 11 is 5.99. The molecule has 0 aromatic carbocycles. The van der Waals surface area contributed by atoms with Crippen molar-refractivity contribution in [2.45, 2.75) is 13.5 Å². The number of aromatic nitrogens is 4. The molecule has 0 bridgehead atoms. The molecular weight excluding hydrogens is 252 g/mol. The number of allylic oxidation sites excluding steroid dienone is 1. The van der Waals surface area contributed by atoms with Crippen molar-refractivity contribution in [1.82, 2.24) is 19.6 Å². The topological polar surface area (TPSA) is 52.7 Å². The van der Waals surface area contributed by atoms with Gasteiger partial charge in [0.15, 0.2) is 0 Å². The fraction of sp³-hybridized carbons (Fsp3) is 0.250. The van der Waals surface area contributed by atoms with Crippen molar-refractivity contribution in [2.24, 2.45) is 7.05 Å². The monoisotopic (exact) mass is 264 g/mol. The maximum absolute atomic E-state index is 11.8. The number of ketones is 1. The normalized spacial score (nSPS) is 11.3. The van der Waals surface area contributed by atoms with Crippen LogP contribution in [0, 0.1) is 0 Å². The zero-order valence-electron chi connectivity index (χ0n) is 10.2. The third kappa shape index (κ3) is 2.68. The van der Waals surface area contributed by atoms with Crippen LogP contribution in [0.2, 0.25) is 5.02 Å². The van der Waals surface area contributed by atoms with Gasteiger partial charge in [-0.3, -0.25) is 14.2 Å². The Morgan fingerprint density at radius 3 is 2.83 bits per heavy atom. The second-order valence-corrected chi connectivity index (χ2v) is 4.20. The Balaban J connectivity index is 2.15. The SMILES string of the molecule is CCn1cc(Cl)c(/C=C/C(=O)c2ccn(C)n2)n1. The molecule has 0 amide bonds. The third-order valence-corrected chi connectivity index (χ3v) is 2.72. The number of nitrogens with zero attached hydrogens (tertiary/aromatic N) is 4. The predicted molar refractivity (Wildman–Crippen MR) is 69.5 cm³/mol. The van der Waals surface area contributed by atoms with E-state index in [0.29, 0.717) is 16.4 Å². The fourth-order valence-electron chi connectivity index (χ4n) is 1.47. The zero-order valence-corrected chi connectivity index (χ0v) is 10.9. The van der Waals surface area contributed by atoms with Gasteiger partial charge in [-0.2, -0.15) is 10.2 Å². The predicted octanol–water partition coefficient (Wildman–Crippen LogP) is 2.19. The molecule has 0 spiro atoms. The second kappa shape index (κ2) is 5.18. The Hall–Kier alpha value is -1.88. The molecule has 94 valence electrons. The highest BCUT2D eigenvalue weighted by Gasteiger charge is 2.07. The van der Waals surface area contributed by atoms with Crippen LogP contribution in [0.15, 0.2) is 24.5 Å². The standard InChI is InChI=1S/C12H13ClN4O/c1-3-17-8-9(13)10(15-17)4-5-12(18)11-6-7-16(2)14-11/h4-8H,3H2,1-2H3/b5-4+. The molecule has 0 aliphatic rings. The third-order valence-electron chi connectivity index (χ3n) is 2.43. The highest BCUT2D eigenvalue weighted by molar-refractivity contribution is 6.31. The van der Waals surface area contributed by atoms with Gasteiger partial charge in [-0.25, -0.2) is 0 Å². The summed E-state index contributed by atoms with van der Waals surface area (Å²) in [4.78, 5) is 11.8. The molecule has 2 aromatic heterocycles. The largest absolute Gasteiger partial charge is 0.287 e. The number of hydrogen-bond acceptors (Lipinski definition) is 3.